The molecule has 8 bridgehead atoms. The van der Waals surface area contributed by atoms with Crippen molar-refractivity contribution in [2.75, 3.05) is 0 Å². The molecule has 0 amide bonds. The summed E-state index contributed by atoms with van der Waals surface area (Å²) in [6.07, 6.45) is 5.93. The fraction of sp³-hybridized carbons (Fsp3) is 0. The van der Waals surface area contributed by atoms with Crippen molar-refractivity contribution in [1.29, 1.82) is 0 Å². The molecule has 0 unspecified atom stereocenters. The zero-order chi connectivity index (χ0) is 52.3. The average molecular weight is 1210 g/mol. The van der Waals surface area contributed by atoms with Crippen LogP contribution in [0.25, 0.3) is 85.4 Å². The highest BCUT2D eigenvalue weighted by Gasteiger charge is 2.36. The topological polar surface area (TPSA) is 264 Å². The van der Waals surface area contributed by atoms with Gasteiger partial charge in [-0.05, 0) is 103 Å². The lowest BCUT2D eigenvalue weighted by Gasteiger charge is -2.19. The summed E-state index contributed by atoms with van der Waals surface area (Å²) in [7, 11) is -21.1. The standard InChI is InChI=1S/C44H22Cl8N4O12S4/c45-23-6-11-29(69(57,58)59)39(49)33(23)36-27-10-5-21(55-27)16-20-2-1-18(53-20)15-19-3-4-22(54-19)17-28-37(34-24(46)7-12-30(40(34)50)70(60,61)62)38(35-25(47)8-13-31(41(35)51)71(63,64)65)44(36)56(28)43-26(48)9-14-32(42(43)52)72(66,67)68/h1-17,53H,(H,57,58,59)(H,60,61,62)(H,63,64,65)(H,66,67,68). The van der Waals surface area contributed by atoms with Gasteiger partial charge in [-0.25, -0.2) is 9.97 Å². The van der Waals surface area contributed by atoms with Gasteiger partial charge < -0.3 is 9.55 Å². The molecule has 5 heterocycles. The molecular formula is C44H22Cl8N4O12S4. The fourth-order valence-corrected chi connectivity index (χ4v) is 13.7. The van der Waals surface area contributed by atoms with E-state index in [0.717, 1.165) is 53.1 Å². The van der Waals surface area contributed by atoms with Gasteiger partial charge in [0.15, 0.2) is 0 Å². The molecule has 2 aliphatic heterocycles. The second-order valence-electron chi connectivity index (χ2n) is 15.4. The van der Waals surface area contributed by atoms with Gasteiger partial charge in [0.1, 0.15) is 19.6 Å². The molecule has 0 fully saturated rings. The number of rotatable bonds is 8. The van der Waals surface area contributed by atoms with Crippen molar-refractivity contribution in [1.82, 2.24) is 19.5 Å². The number of hydrogen-bond donors (Lipinski definition) is 5. The molecule has 28 heteroatoms. The van der Waals surface area contributed by atoms with Crippen LogP contribution in [0.15, 0.2) is 98.4 Å². The second kappa shape index (κ2) is 18.7. The largest absolute Gasteiger partial charge is 0.355 e. The number of benzene rings is 4. The minimum atomic E-state index is -5.31. The average Bonchev–Trinajstić information content (AvgIpc) is 4.06. The maximum atomic E-state index is 13.2. The van der Waals surface area contributed by atoms with Gasteiger partial charge in [-0.1, -0.05) is 92.8 Å². The monoisotopic (exact) mass is 1210 g/mol. The lowest BCUT2D eigenvalue weighted by atomic mass is 9.92. The lowest BCUT2D eigenvalue weighted by Crippen LogP contribution is -2.06. The van der Waals surface area contributed by atoms with Crippen LogP contribution in [0.5, 0.6) is 0 Å². The minimum Gasteiger partial charge on any atom is -0.355 e. The number of nitrogens with one attached hydrogen (secondary N) is 1. The van der Waals surface area contributed by atoms with Crippen molar-refractivity contribution in [3.63, 3.8) is 0 Å². The molecule has 0 saturated heterocycles. The SMILES string of the molecule is O=S(=O)(O)c1ccc(Cl)c(-c2c(-c3c(Cl)ccc(S(=O)(=O)O)c3Cl)c3c(-c4c(Cl)ccc(S(=O)(=O)O)c4Cl)c4nc(cc5ccc(cc6nc(cc2n3-c2c(Cl)ccc(S(=O)(=O)O)c2Cl)C=C6)[nH]5)C=C4)c1Cl. The first-order valence-corrected chi connectivity index (χ1v) is 28.3. The molecule has 2 aliphatic rings. The number of nitrogens with zero attached hydrogens (tertiary/aromatic N) is 3. The summed E-state index contributed by atoms with van der Waals surface area (Å²) >= 11 is 56.5. The first-order valence-electron chi connectivity index (χ1n) is 19.6. The van der Waals surface area contributed by atoms with Crippen LogP contribution in [0.3, 0.4) is 0 Å². The molecule has 7 aromatic rings. The van der Waals surface area contributed by atoms with Crippen molar-refractivity contribution >= 4 is 180 Å². The third-order valence-electron chi connectivity index (χ3n) is 11.0. The van der Waals surface area contributed by atoms with Crippen LogP contribution in [0.4, 0.5) is 0 Å². The maximum absolute atomic E-state index is 13.2. The van der Waals surface area contributed by atoms with Crippen molar-refractivity contribution in [3.05, 3.63) is 142 Å². The van der Waals surface area contributed by atoms with E-state index in [1.54, 1.807) is 30.3 Å². The highest BCUT2D eigenvalue weighted by atomic mass is 35.5. The van der Waals surface area contributed by atoms with Crippen LogP contribution in [0, 0.1) is 0 Å². The Bertz CT molecular complexity index is 4340. The van der Waals surface area contributed by atoms with Gasteiger partial charge in [0.05, 0.1) is 79.7 Å². The van der Waals surface area contributed by atoms with Crippen molar-refractivity contribution in [2.24, 2.45) is 0 Å². The van der Waals surface area contributed by atoms with E-state index < -0.39 is 140 Å². The van der Waals surface area contributed by atoms with E-state index in [9.17, 15) is 51.9 Å². The Morgan fingerprint density at radius 2 is 0.778 bits per heavy atom. The molecule has 0 aliphatic carbocycles. The normalized spacial score (nSPS) is 13.1. The summed E-state index contributed by atoms with van der Waals surface area (Å²) in [5, 5.41) is -5.00. The summed E-state index contributed by atoms with van der Waals surface area (Å²) in [4.78, 5) is 8.97. The van der Waals surface area contributed by atoms with E-state index in [2.05, 4.69) is 4.98 Å². The Hall–Kier alpha value is -4.56. The summed E-state index contributed by atoms with van der Waals surface area (Å²) in [6, 6.07) is 15.4. The number of H-pyrrole nitrogens is 1. The van der Waals surface area contributed by atoms with Gasteiger partial charge in [0.2, 0.25) is 0 Å². The molecule has 3 aromatic heterocycles. The molecule has 0 spiro atoms. The Kier molecular flexibility index (Phi) is 13.6. The maximum Gasteiger partial charge on any atom is 0.296 e. The van der Waals surface area contributed by atoms with Crippen LogP contribution in [0.2, 0.25) is 40.2 Å². The number of aromatic amines is 1. The van der Waals surface area contributed by atoms with Crippen molar-refractivity contribution in [3.8, 4) is 39.1 Å². The zero-order valence-corrected chi connectivity index (χ0v) is 44.2. The third-order valence-corrected chi connectivity index (χ3v) is 17.8. The van der Waals surface area contributed by atoms with Gasteiger partial charge >= 0.3 is 0 Å². The first kappa shape index (κ1) is 52.3. The van der Waals surface area contributed by atoms with E-state index in [-0.39, 0.29) is 27.6 Å². The second-order valence-corrected chi connectivity index (χ2v) is 24.1. The molecule has 5 N–H and O–H groups in total. The number of hydrogen-bond acceptors (Lipinski definition) is 10. The summed E-state index contributed by atoms with van der Waals surface area (Å²) in [5.74, 6) is 0. The van der Waals surface area contributed by atoms with E-state index in [0.29, 0.717) is 16.7 Å². The van der Waals surface area contributed by atoms with Gasteiger partial charge in [0, 0.05) is 44.4 Å². The number of halogens is 8. The van der Waals surface area contributed by atoms with Crippen LogP contribution >= 0.6 is 92.8 Å². The van der Waals surface area contributed by atoms with Gasteiger partial charge in [0.25, 0.3) is 40.5 Å². The quantitative estimate of drug-likeness (QED) is 0.0886. The first-order chi connectivity index (χ1) is 33.6. The molecule has 0 radical (unpaired) electrons. The Labute approximate surface area is 447 Å². The van der Waals surface area contributed by atoms with Gasteiger partial charge in [-0.2, -0.15) is 33.7 Å². The molecule has 370 valence electrons. The van der Waals surface area contributed by atoms with Crippen molar-refractivity contribution in [2.45, 2.75) is 19.6 Å². The molecule has 72 heavy (non-hydrogen) atoms. The van der Waals surface area contributed by atoms with E-state index in [4.69, 9.17) is 103 Å². The van der Waals surface area contributed by atoms with Crippen LogP contribution in [-0.2, 0) is 40.5 Å². The molecule has 0 atom stereocenters. The fourth-order valence-electron chi connectivity index (χ4n) is 8.08. The Morgan fingerprint density at radius 3 is 1.24 bits per heavy atom. The van der Waals surface area contributed by atoms with Crippen LogP contribution in [-0.4, -0.2) is 71.4 Å². The summed E-state index contributed by atoms with van der Waals surface area (Å²) in [5.41, 5.74) is -3.11. The van der Waals surface area contributed by atoms with E-state index in [1.165, 1.54) is 24.3 Å². The van der Waals surface area contributed by atoms with E-state index >= 15 is 0 Å². The predicted octanol–water partition coefficient (Wildman–Crippen LogP) is 13.3. The van der Waals surface area contributed by atoms with E-state index in [1.807, 2.05) is 0 Å². The molecule has 9 rings (SSSR count). The Morgan fingerprint density at radius 1 is 0.403 bits per heavy atom. The number of fused-ring (bicyclic) bond motifs is 8. The van der Waals surface area contributed by atoms with Crippen LogP contribution in [0.1, 0.15) is 22.8 Å². The molecule has 0 saturated carbocycles. The van der Waals surface area contributed by atoms with Gasteiger partial charge in [-0.3, -0.25) is 18.2 Å². The molecule has 4 aromatic carbocycles. The number of aromatic nitrogens is 4. The smallest absolute Gasteiger partial charge is 0.296 e. The van der Waals surface area contributed by atoms with Gasteiger partial charge in [-0.15, -0.1) is 0 Å². The Balaban J connectivity index is 1.80. The summed E-state index contributed by atoms with van der Waals surface area (Å²) < 4.78 is 148. The minimum absolute atomic E-state index is 0.0322. The van der Waals surface area contributed by atoms with Crippen molar-refractivity contribution < 1.29 is 51.9 Å². The summed E-state index contributed by atoms with van der Waals surface area (Å²) in [6.45, 7) is 0. The third kappa shape index (κ3) is 9.35. The molecule has 16 nitrogen and oxygen atoms in total. The highest BCUT2D eigenvalue weighted by molar-refractivity contribution is 7.86. The lowest BCUT2D eigenvalue weighted by molar-refractivity contribution is 0.481. The molecular weight excluding hydrogens is 1190 g/mol. The zero-order valence-electron chi connectivity index (χ0n) is 34.9. The predicted molar refractivity (Wildman–Crippen MR) is 279 cm³/mol. The van der Waals surface area contributed by atoms with Crippen LogP contribution < -0.4 is 0 Å². The highest BCUT2D eigenvalue weighted by Crippen LogP contribution is 2.57.